The van der Waals surface area contributed by atoms with E-state index in [2.05, 4.69) is 41.4 Å². The fraction of sp³-hybridized carbons (Fsp3) is 0.533. The van der Waals surface area contributed by atoms with Gasteiger partial charge in [0, 0.05) is 11.8 Å². The fourth-order valence-electron chi connectivity index (χ4n) is 2.87. The van der Waals surface area contributed by atoms with Crippen molar-refractivity contribution in [3.05, 3.63) is 41.7 Å². The Hall–Kier alpha value is -1.75. The second kappa shape index (κ2) is 6.13. The van der Waals surface area contributed by atoms with Gasteiger partial charge >= 0.3 is 0 Å². The lowest BCUT2D eigenvalue weighted by atomic mass is 9.70. The van der Waals surface area contributed by atoms with Gasteiger partial charge in [-0.15, -0.1) is 10.2 Å². The smallest absolute Gasteiger partial charge is 0.177 e. The highest BCUT2D eigenvalue weighted by Crippen LogP contribution is 2.36. The Morgan fingerprint density at radius 3 is 2.35 bits per heavy atom. The maximum Gasteiger partial charge on any atom is 0.177 e. The van der Waals surface area contributed by atoms with Gasteiger partial charge in [0.05, 0.1) is 13.2 Å². The number of hydrogen-bond acceptors (Lipinski definition) is 4. The zero-order chi connectivity index (χ0) is 14.6. The molecule has 2 aromatic rings. The standard InChI is InChI=1S/C15H22N4O/c1-4-15(5-2,12-9-7-6-8-10-12)13(20)11-14-16-18-19(3)17-14/h6-10,13,20H,4-5,11H2,1-3H3. The van der Waals surface area contributed by atoms with E-state index in [1.165, 1.54) is 10.4 Å². The predicted octanol–water partition coefficient (Wildman–Crippen LogP) is 1.87. The first kappa shape index (κ1) is 14.7. The second-order valence-electron chi connectivity index (χ2n) is 5.14. The van der Waals surface area contributed by atoms with Crippen molar-refractivity contribution in [3.8, 4) is 0 Å². The zero-order valence-corrected chi connectivity index (χ0v) is 12.3. The Labute approximate surface area is 119 Å². The third-order valence-corrected chi connectivity index (χ3v) is 4.17. The monoisotopic (exact) mass is 274 g/mol. The van der Waals surface area contributed by atoms with Crippen LogP contribution in [0.25, 0.3) is 0 Å². The van der Waals surface area contributed by atoms with Crippen LogP contribution in [0.3, 0.4) is 0 Å². The van der Waals surface area contributed by atoms with E-state index in [1.807, 2.05) is 18.2 Å². The predicted molar refractivity (Wildman–Crippen MR) is 77.2 cm³/mol. The topological polar surface area (TPSA) is 63.8 Å². The second-order valence-corrected chi connectivity index (χ2v) is 5.14. The van der Waals surface area contributed by atoms with Gasteiger partial charge in [-0.3, -0.25) is 0 Å². The van der Waals surface area contributed by atoms with E-state index in [4.69, 9.17) is 0 Å². The van der Waals surface area contributed by atoms with Crippen molar-refractivity contribution in [3.63, 3.8) is 0 Å². The lowest BCUT2D eigenvalue weighted by Gasteiger charge is -2.36. The van der Waals surface area contributed by atoms with Crippen LogP contribution < -0.4 is 0 Å². The molecule has 0 spiro atoms. The van der Waals surface area contributed by atoms with Crippen LogP contribution in [0, 0.1) is 0 Å². The quantitative estimate of drug-likeness (QED) is 0.873. The number of aryl methyl sites for hydroxylation is 1. The number of aliphatic hydroxyl groups excluding tert-OH is 1. The average molecular weight is 274 g/mol. The summed E-state index contributed by atoms with van der Waals surface area (Å²) in [6.07, 6.45) is 1.64. The zero-order valence-electron chi connectivity index (χ0n) is 12.3. The Kier molecular flexibility index (Phi) is 4.49. The molecule has 5 nitrogen and oxygen atoms in total. The first-order valence-electron chi connectivity index (χ1n) is 7.09. The van der Waals surface area contributed by atoms with E-state index in [1.54, 1.807) is 7.05 Å². The molecule has 0 aliphatic heterocycles. The third-order valence-electron chi connectivity index (χ3n) is 4.17. The van der Waals surface area contributed by atoms with Crippen LogP contribution >= 0.6 is 0 Å². The van der Waals surface area contributed by atoms with Crippen LogP contribution in [-0.4, -0.2) is 31.4 Å². The van der Waals surface area contributed by atoms with E-state index in [9.17, 15) is 5.11 Å². The molecule has 20 heavy (non-hydrogen) atoms. The summed E-state index contributed by atoms with van der Waals surface area (Å²) in [7, 11) is 1.73. The van der Waals surface area contributed by atoms with Gasteiger partial charge in [0.1, 0.15) is 0 Å². The molecule has 0 aliphatic rings. The molecule has 0 saturated heterocycles. The molecular weight excluding hydrogens is 252 g/mol. The molecular formula is C15H22N4O. The van der Waals surface area contributed by atoms with Crippen molar-refractivity contribution < 1.29 is 5.11 Å². The van der Waals surface area contributed by atoms with Gasteiger partial charge in [-0.1, -0.05) is 44.2 Å². The Morgan fingerprint density at radius 1 is 1.20 bits per heavy atom. The Balaban J connectivity index is 2.28. The lowest BCUT2D eigenvalue weighted by molar-refractivity contribution is 0.0716. The van der Waals surface area contributed by atoms with Crippen LogP contribution in [0.1, 0.15) is 38.1 Å². The highest BCUT2D eigenvalue weighted by atomic mass is 16.3. The summed E-state index contributed by atoms with van der Waals surface area (Å²) in [6.45, 7) is 4.23. The highest BCUT2D eigenvalue weighted by molar-refractivity contribution is 5.27. The Bertz CT molecular complexity index is 534. The maximum atomic E-state index is 10.8. The molecule has 5 heteroatoms. The number of aromatic nitrogens is 4. The lowest BCUT2D eigenvalue weighted by Crippen LogP contribution is -2.40. The summed E-state index contributed by atoms with van der Waals surface area (Å²) in [6, 6.07) is 10.2. The van der Waals surface area contributed by atoms with E-state index >= 15 is 0 Å². The molecule has 0 fully saturated rings. The van der Waals surface area contributed by atoms with Gasteiger partial charge < -0.3 is 5.11 Å². The largest absolute Gasteiger partial charge is 0.392 e. The molecule has 0 aliphatic carbocycles. The van der Waals surface area contributed by atoms with E-state index in [0.29, 0.717) is 12.2 Å². The molecule has 0 saturated carbocycles. The van der Waals surface area contributed by atoms with Crippen LogP contribution in [0.2, 0.25) is 0 Å². The van der Waals surface area contributed by atoms with Gasteiger partial charge in [-0.2, -0.15) is 4.80 Å². The summed E-state index contributed by atoms with van der Waals surface area (Å²) in [4.78, 5) is 1.42. The van der Waals surface area contributed by atoms with Crippen LogP contribution in [-0.2, 0) is 18.9 Å². The van der Waals surface area contributed by atoms with E-state index in [0.717, 1.165) is 12.8 Å². The summed E-state index contributed by atoms with van der Waals surface area (Å²) >= 11 is 0. The van der Waals surface area contributed by atoms with Crippen LogP contribution in [0.5, 0.6) is 0 Å². The van der Waals surface area contributed by atoms with Gasteiger partial charge in [-0.25, -0.2) is 0 Å². The van der Waals surface area contributed by atoms with Crippen molar-refractivity contribution in [1.82, 2.24) is 20.2 Å². The van der Waals surface area contributed by atoms with Crippen LogP contribution in [0.15, 0.2) is 30.3 Å². The molecule has 108 valence electrons. The number of tetrazole rings is 1. The van der Waals surface area contributed by atoms with Gasteiger partial charge in [0.2, 0.25) is 0 Å². The number of hydrogen-bond donors (Lipinski definition) is 1. The molecule has 1 aromatic heterocycles. The fourth-order valence-corrected chi connectivity index (χ4v) is 2.87. The van der Waals surface area contributed by atoms with Crippen molar-refractivity contribution in [1.29, 1.82) is 0 Å². The van der Waals surface area contributed by atoms with Crippen LogP contribution in [0.4, 0.5) is 0 Å². The number of aliphatic hydroxyl groups is 1. The normalized spacial score (nSPS) is 13.4. The molecule has 1 atom stereocenters. The number of nitrogens with zero attached hydrogens (tertiary/aromatic N) is 4. The average Bonchev–Trinajstić information content (AvgIpc) is 2.87. The molecule has 0 amide bonds. The van der Waals surface area contributed by atoms with Gasteiger partial charge in [0.25, 0.3) is 0 Å². The van der Waals surface area contributed by atoms with Crippen molar-refractivity contribution in [2.45, 2.75) is 44.6 Å². The Morgan fingerprint density at radius 2 is 1.85 bits per heavy atom. The highest BCUT2D eigenvalue weighted by Gasteiger charge is 2.37. The molecule has 0 radical (unpaired) electrons. The molecule has 1 unspecified atom stereocenters. The number of benzene rings is 1. The number of rotatable bonds is 6. The minimum absolute atomic E-state index is 0.263. The molecule has 2 rings (SSSR count). The first-order valence-corrected chi connectivity index (χ1v) is 7.09. The minimum Gasteiger partial charge on any atom is -0.392 e. The molecule has 1 aromatic carbocycles. The third kappa shape index (κ3) is 2.72. The van der Waals surface area contributed by atoms with E-state index < -0.39 is 6.10 Å². The summed E-state index contributed by atoms with van der Waals surface area (Å²) in [5, 5.41) is 22.7. The minimum atomic E-state index is -0.524. The van der Waals surface area contributed by atoms with Crippen molar-refractivity contribution in [2.75, 3.05) is 0 Å². The maximum absolute atomic E-state index is 10.8. The first-order chi connectivity index (χ1) is 9.62. The van der Waals surface area contributed by atoms with Crippen molar-refractivity contribution >= 4 is 0 Å². The summed E-state index contributed by atoms with van der Waals surface area (Å²) in [5.41, 5.74) is 0.905. The van der Waals surface area contributed by atoms with Crippen molar-refractivity contribution in [2.24, 2.45) is 7.05 Å². The summed E-state index contributed by atoms with van der Waals surface area (Å²) < 4.78 is 0. The van der Waals surface area contributed by atoms with Gasteiger partial charge in [-0.05, 0) is 23.6 Å². The molecule has 1 N–H and O–H groups in total. The van der Waals surface area contributed by atoms with Gasteiger partial charge in [0.15, 0.2) is 5.82 Å². The van der Waals surface area contributed by atoms with E-state index in [-0.39, 0.29) is 5.41 Å². The SMILES string of the molecule is CCC(CC)(c1ccccc1)C(O)Cc1nnn(C)n1. The summed E-state index contributed by atoms with van der Waals surface area (Å²) in [5.74, 6) is 0.585. The molecule has 1 heterocycles. The molecule has 0 bridgehead atoms.